The summed E-state index contributed by atoms with van der Waals surface area (Å²) in [6.45, 7) is 2.76. The summed E-state index contributed by atoms with van der Waals surface area (Å²) < 4.78 is 6.56. The quantitative estimate of drug-likeness (QED) is 0.795. The first-order chi connectivity index (χ1) is 9.54. The maximum atomic E-state index is 12.6. The van der Waals surface area contributed by atoms with E-state index in [1.165, 1.54) is 6.20 Å². The molecule has 2 rings (SSSR count). The van der Waals surface area contributed by atoms with E-state index in [2.05, 4.69) is 5.10 Å². The van der Waals surface area contributed by atoms with Crippen LogP contribution in [0, 0.1) is 6.92 Å². The number of carbonyl (C=O) groups excluding carboxylic acids is 1. The number of ketones is 1. The van der Waals surface area contributed by atoms with E-state index in [0.717, 1.165) is 5.56 Å². The zero-order chi connectivity index (χ0) is 14.7. The second kappa shape index (κ2) is 6.39. The molecule has 0 aliphatic heterocycles. The molecular formula is C14H14Cl2N2O2. The van der Waals surface area contributed by atoms with E-state index < -0.39 is 0 Å². The maximum Gasteiger partial charge on any atom is 0.212 e. The Labute approximate surface area is 127 Å². The lowest BCUT2D eigenvalue weighted by Crippen LogP contribution is -2.15. The van der Waals surface area contributed by atoms with Gasteiger partial charge in [-0.25, -0.2) is 0 Å². The van der Waals surface area contributed by atoms with E-state index >= 15 is 0 Å². The van der Waals surface area contributed by atoms with Gasteiger partial charge in [0.15, 0.2) is 0 Å². The van der Waals surface area contributed by atoms with Crippen LogP contribution in [0.25, 0.3) is 0 Å². The Kier molecular flexibility index (Phi) is 4.81. The van der Waals surface area contributed by atoms with Crippen LogP contribution in [0.3, 0.4) is 0 Å². The highest BCUT2D eigenvalue weighted by Gasteiger charge is 2.20. The zero-order valence-electron chi connectivity index (χ0n) is 11.2. The van der Waals surface area contributed by atoms with E-state index in [4.69, 9.17) is 27.9 Å². The molecule has 4 nitrogen and oxygen atoms in total. The number of nitrogens with zero attached hydrogens (tertiary/aromatic N) is 2. The number of aromatic nitrogens is 2. The van der Waals surface area contributed by atoms with Crippen LogP contribution in [0.4, 0.5) is 0 Å². The average Bonchev–Trinajstić information content (AvgIpc) is 2.77. The van der Waals surface area contributed by atoms with E-state index in [1.54, 1.807) is 30.0 Å². The fraction of sp³-hybridized carbons (Fsp3) is 0.286. The number of hydrogen-bond acceptors (Lipinski definition) is 3. The first-order valence-electron chi connectivity index (χ1n) is 6.05. The first kappa shape index (κ1) is 15.0. The normalized spacial score (nSPS) is 10.8. The van der Waals surface area contributed by atoms with Crippen molar-refractivity contribution in [3.05, 3.63) is 51.3 Å². The van der Waals surface area contributed by atoms with Gasteiger partial charge >= 0.3 is 0 Å². The predicted molar refractivity (Wildman–Crippen MR) is 78.7 cm³/mol. The molecule has 6 heteroatoms. The largest absolute Gasteiger partial charge is 0.383 e. The third-order valence-corrected chi connectivity index (χ3v) is 3.46. The first-order valence-corrected chi connectivity index (χ1v) is 6.81. The van der Waals surface area contributed by atoms with Crippen LogP contribution >= 0.6 is 23.2 Å². The number of aryl methyl sites for hydroxylation is 1. The summed E-state index contributed by atoms with van der Waals surface area (Å²) in [5, 5.41) is 5.03. The molecule has 1 aromatic heterocycles. The van der Waals surface area contributed by atoms with Crippen LogP contribution in [0.5, 0.6) is 0 Å². The SMILES string of the molecule is COCCn1ncc(Cl)c1C(=O)c1ccc(Cl)cc1C. The van der Waals surface area contributed by atoms with Gasteiger partial charge in [0.2, 0.25) is 5.78 Å². The summed E-state index contributed by atoms with van der Waals surface area (Å²) in [7, 11) is 1.59. The number of benzene rings is 1. The van der Waals surface area contributed by atoms with Gasteiger partial charge in [0.25, 0.3) is 0 Å². The molecule has 0 fully saturated rings. The number of ether oxygens (including phenoxy) is 1. The molecule has 0 amide bonds. The van der Waals surface area contributed by atoms with Crippen molar-refractivity contribution in [3.63, 3.8) is 0 Å². The topological polar surface area (TPSA) is 44.1 Å². The summed E-state index contributed by atoms with van der Waals surface area (Å²) in [6.07, 6.45) is 1.47. The molecule has 106 valence electrons. The molecular weight excluding hydrogens is 299 g/mol. The highest BCUT2D eigenvalue weighted by Crippen LogP contribution is 2.23. The summed E-state index contributed by atoms with van der Waals surface area (Å²) in [4.78, 5) is 12.6. The van der Waals surface area contributed by atoms with Crippen LogP contribution < -0.4 is 0 Å². The van der Waals surface area contributed by atoms with Gasteiger partial charge in [0.1, 0.15) is 5.69 Å². The Morgan fingerprint density at radius 3 is 2.80 bits per heavy atom. The number of rotatable bonds is 5. The molecule has 0 spiro atoms. The summed E-state index contributed by atoms with van der Waals surface area (Å²) in [6, 6.07) is 5.13. The molecule has 0 bridgehead atoms. The second-order valence-electron chi connectivity index (χ2n) is 4.35. The van der Waals surface area contributed by atoms with Gasteiger partial charge in [0.05, 0.1) is 24.4 Å². The molecule has 0 aliphatic carbocycles. The molecule has 0 saturated carbocycles. The van der Waals surface area contributed by atoms with Crippen molar-refractivity contribution >= 4 is 29.0 Å². The van der Waals surface area contributed by atoms with Crippen LogP contribution in [0.15, 0.2) is 24.4 Å². The second-order valence-corrected chi connectivity index (χ2v) is 5.19. The van der Waals surface area contributed by atoms with Crippen molar-refractivity contribution in [1.82, 2.24) is 9.78 Å². The van der Waals surface area contributed by atoms with Crippen LogP contribution in [0.1, 0.15) is 21.6 Å². The monoisotopic (exact) mass is 312 g/mol. The van der Waals surface area contributed by atoms with Crippen molar-refractivity contribution in [3.8, 4) is 0 Å². The van der Waals surface area contributed by atoms with Gasteiger partial charge in [-0.3, -0.25) is 9.48 Å². The van der Waals surface area contributed by atoms with Crippen LogP contribution in [-0.4, -0.2) is 29.3 Å². The lowest BCUT2D eigenvalue weighted by atomic mass is 10.0. The van der Waals surface area contributed by atoms with E-state index in [-0.39, 0.29) is 5.78 Å². The van der Waals surface area contributed by atoms with Crippen molar-refractivity contribution < 1.29 is 9.53 Å². The number of carbonyl (C=O) groups is 1. The predicted octanol–water partition coefficient (Wildman–Crippen LogP) is 3.38. The summed E-state index contributed by atoms with van der Waals surface area (Å²) >= 11 is 12.0. The van der Waals surface area contributed by atoms with Crippen LogP contribution in [-0.2, 0) is 11.3 Å². The average molecular weight is 313 g/mol. The summed E-state index contributed by atoms with van der Waals surface area (Å²) in [5.41, 5.74) is 1.74. The van der Waals surface area contributed by atoms with Crippen molar-refractivity contribution in [1.29, 1.82) is 0 Å². The third kappa shape index (κ3) is 3.03. The van der Waals surface area contributed by atoms with E-state index in [9.17, 15) is 4.79 Å². The molecule has 2 aromatic rings. The van der Waals surface area contributed by atoms with E-state index in [0.29, 0.717) is 34.5 Å². The third-order valence-electron chi connectivity index (χ3n) is 2.95. The lowest BCUT2D eigenvalue weighted by Gasteiger charge is -2.09. The maximum absolute atomic E-state index is 12.6. The molecule has 0 atom stereocenters. The molecule has 20 heavy (non-hydrogen) atoms. The van der Waals surface area contributed by atoms with Gasteiger partial charge in [0, 0.05) is 17.7 Å². The van der Waals surface area contributed by atoms with Crippen molar-refractivity contribution in [2.45, 2.75) is 13.5 Å². The highest BCUT2D eigenvalue weighted by molar-refractivity contribution is 6.34. The lowest BCUT2D eigenvalue weighted by molar-refractivity contribution is 0.102. The minimum Gasteiger partial charge on any atom is -0.383 e. The molecule has 1 aromatic carbocycles. The number of halogens is 2. The Hall–Kier alpha value is -1.36. The highest BCUT2D eigenvalue weighted by atomic mass is 35.5. The van der Waals surface area contributed by atoms with Gasteiger partial charge in [-0.05, 0) is 30.7 Å². The zero-order valence-corrected chi connectivity index (χ0v) is 12.7. The van der Waals surface area contributed by atoms with Crippen molar-refractivity contribution in [2.24, 2.45) is 0 Å². The Balaban J connectivity index is 2.40. The number of hydrogen-bond donors (Lipinski definition) is 0. The number of methoxy groups -OCH3 is 1. The van der Waals surface area contributed by atoms with Crippen LogP contribution in [0.2, 0.25) is 10.0 Å². The van der Waals surface area contributed by atoms with Gasteiger partial charge < -0.3 is 4.74 Å². The molecule has 1 heterocycles. The molecule has 0 N–H and O–H groups in total. The van der Waals surface area contributed by atoms with Gasteiger partial charge in [-0.15, -0.1) is 0 Å². The standard InChI is InChI=1S/C14H14Cl2N2O2/c1-9-7-10(15)3-4-11(9)14(19)13-12(16)8-17-18(13)5-6-20-2/h3-4,7-8H,5-6H2,1-2H3. The Morgan fingerprint density at radius 2 is 2.15 bits per heavy atom. The minimum atomic E-state index is -0.169. The molecule has 0 aliphatic rings. The smallest absolute Gasteiger partial charge is 0.212 e. The van der Waals surface area contributed by atoms with E-state index in [1.807, 2.05) is 6.92 Å². The Morgan fingerprint density at radius 1 is 1.40 bits per heavy atom. The van der Waals surface area contributed by atoms with Gasteiger partial charge in [-0.2, -0.15) is 5.10 Å². The fourth-order valence-corrected chi connectivity index (χ4v) is 2.40. The minimum absolute atomic E-state index is 0.169. The Bertz CT molecular complexity index is 638. The molecule has 0 unspecified atom stereocenters. The van der Waals surface area contributed by atoms with Crippen molar-refractivity contribution in [2.75, 3.05) is 13.7 Å². The molecule has 0 radical (unpaired) electrons. The molecule has 0 saturated heterocycles. The fourth-order valence-electron chi connectivity index (χ4n) is 1.94. The summed E-state index contributed by atoms with van der Waals surface area (Å²) in [5.74, 6) is -0.169. The van der Waals surface area contributed by atoms with Gasteiger partial charge in [-0.1, -0.05) is 23.2 Å².